The third-order valence-electron chi connectivity index (χ3n) is 9.65. The lowest BCUT2D eigenvalue weighted by Gasteiger charge is -2.26. The molecule has 0 bridgehead atoms. The molecule has 0 N–H and O–H groups in total. The third kappa shape index (κ3) is 4.62. The Morgan fingerprint density at radius 1 is 0.408 bits per heavy atom. The summed E-state index contributed by atoms with van der Waals surface area (Å²) < 4.78 is 9.03. The first-order valence-corrected chi connectivity index (χ1v) is 17.4. The van der Waals surface area contributed by atoms with Crippen molar-refractivity contribution in [1.82, 2.24) is 0 Å². The maximum absolute atomic E-state index is 6.40. The molecule has 0 atom stereocenters. The Bertz CT molecular complexity index is 2830. The van der Waals surface area contributed by atoms with Gasteiger partial charge in [-0.1, -0.05) is 109 Å². The standard InChI is InChI=1S/C46H29NOS/c1-2-10-30(11-3-1)31-20-23-34(24-21-31)47(36-25-27-38-33(29-36)22-26-40-39-14-4-6-17-42(39)48-46(38)40)35-13-8-12-32(28-35)37-16-9-19-44-45(37)41-15-5-7-18-43(41)49-44/h1-29H. The number of anilines is 3. The Labute approximate surface area is 287 Å². The molecule has 0 saturated carbocycles. The number of rotatable bonds is 5. The minimum absolute atomic E-state index is 0.916. The van der Waals surface area contributed by atoms with Crippen molar-refractivity contribution >= 4 is 81.3 Å². The molecule has 8 aromatic carbocycles. The summed E-state index contributed by atoms with van der Waals surface area (Å²) in [5.74, 6) is 0. The number of thiophene rings is 1. The lowest BCUT2D eigenvalue weighted by Crippen LogP contribution is -2.10. The van der Waals surface area contributed by atoms with Gasteiger partial charge in [0.05, 0.1) is 0 Å². The van der Waals surface area contributed by atoms with E-state index in [-0.39, 0.29) is 0 Å². The first-order valence-electron chi connectivity index (χ1n) is 16.6. The molecule has 0 aliphatic heterocycles. The Balaban J connectivity index is 1.15. The van der Waals surface area contributed by atoms with Gasteiger partial charge in [0.2, 0.25) is 0 Å². The Kier molecular flexibility index (Phi) is 6.39. The van der Waals surface area contributed by atoms with E-state index in [0.717, 1.165) is 49.8 Å². The third-order valence-corrected chi connectivity index (χ3v) is 10.8. The lowest BCUT2D eigenvalue weighted by molar-refractivity contribution is 0.672. The SMILES string of the molecule is c1ccc(-c2ccc(N(c3cccc(-c4cccc5sc6ccccc6c45)c3)c3ccc4c(ccc5c6ccccc6oc45)c3)cc2)cc1. The van der Waals surface area contributed by atoms with Crippen LogP contribution in [0.25, 0.3) is 75.1 Å². The van der Waals surface area contributed by atoms with Crippen molar-refractivity contribution in [2.45, 2.75) is 0 Å². The van der Waals surface area contributed by atoms with Crippen LogP contribution in [0.1, 0.15) is 0 Å². The smallest absolute Gasteiger partial charge is 0.143 e. The van der Waals surface area contributed by atoms with Crippen molar-refractivity contribution in [1.29, 1.82) is 0 Å². The Hall–Kier alpha value is -6.16. The molecule has 0 spiro atoms. The molecule has 0 radical (unpaired) electrons. The second-order valence-electron chi connectivity index (χ2n) is 12.5. The maximum Gasteiger partial charge on any atom is 0.143 e. The minimum atomic E-state index is 0.916. The first kappa shape index (κ1) is 27.9. The number of hydrogen-bond donors (Lipinski definition) is 0. The molecule has 0 fully saturated rings. The van der Waals surface area contributed by atoms with E-state index in [4.69, 9.17) is 4.42 Å². The fourth-order valence-corrected chi connectivity index (χ4v) is 8.48. The van der Waals surface area contributed by atoms with E-state index in [1.165, 1.54) is 42.4 Å². The van der Waals surface area contributed by atoms with Gasteiger partial charge in [-0.3, -0.25) is 0 Å². The molecule has 0 amide bonds. The van der Waals surface area contributed by atoms with E-state index in [9.17, 15) is 0 Å². The van der Waals surface area contributed by atoms with Crippen LogP contribution in [-0.4, -0.2) is 0 Å². The zero-order chi connectivity index (χ0) is 32.3. The summed E-state index contributed by atoms with van der Waals surface area (Å²) in [4.78, 5) is 2.37. The average Bonchev–Trinajstić information content (AvgIpc) is 3.75. The van der Waals surface area contributed by atoms with Gasteiger partial charge < -0.3 is 9.32 Å². The maximum atomic E-state index is 6.40. The first-order chi connectivity index (χ1) is 24.3. The molecule has 2 heterocycles. The van der Waals surface area contributed by atoms with Gasteiger partial charge in [0.25, 0.3) is 0 Å². The summed E-state index contributed by atoms with van der Waals surface area (Å²) in [5.41, 5.74) is 9.99. The molecule has 10 aromatic rings. The second kappa shape index (κ2) is 11.2. The van der Waals surface area contributed by atoms with Crippen LogP contribution < -0.4 is 4.90 Å². The summed E-state index contributed by atoms with van der Waals surface area (Å²) in [6.07, 6.45) is 0. The molecular formula is C46H29NOS. The topological polar surface area (TPSA) is 16.4 Å². The monoisotopic (exact) mass is 643 g/mol. The number of hydrogen-bond acceptors (Lipinski definition) is 3. The second-order valence-corrected chi connectivity index (χ2v) is 13.6. The van der Waals surface area contributed by atoms with E-state index in [0.29, 0.717) is 0 Å². The van der Waals surface area contributed by atoms with Gasteiger partial charge in [-0.05, 0) is 94.4 Å². The summed E-state index contributed by atoms with van der Waals surface area (Å²) in [6, 6.07) is 63.3. The Morgan fingerprint density at radius 2 is 1.08 bits per heavy atom. The highest BCUT2D eigenvalue weighted by atomic mass is 32.1. The molecule has 2 nitrogen and oxygen atoms in total. The van der Waals surface area contributed by atoms with E-state index < -0.39 is 0 Å². The normalized spacial score (nSPS) is 11.7. The van der Waals surface area contributed by atoms with E-state index in [1.54, 1.807) is 0 Å². The molecule has 10 rings (SSSR count). The summed E-state index contributed by atoms with van der Waals surface area (Å²) in [6.45, 7) is 0. The van der Waals surface area contributed by atoms with Crippen LogP contribution in [0.5, 0.6) is 0 Å². The lowest BCUT2D eigenvalue weighted by atomic mass is 9.98. The van der Waals surface area contributed by atoms with Gasteiger partial charge >= 0.3 is 0 Å². The number of furan rings is 1. The predicted octanol–water partition coefficient (Wildman–Crippen LogP) is 13.9. The van der Waals surface area contributed by atoms with Gasteiger partial charge in [0.15, 0.2) is 0 Å². The number of para-hydroxylation sites is 1. The molecule has 0 aliphatic carbocycles. The van der Waals surface area contributed by atoms with Crippen molar-refractivity contribution in [2.75, 3.05) is 4.90 Å². The Morgan fingerprint density at radius 3 is 1.98 bits per heavy atom. The molecule has 230 valence electrons. The highest BCUT2D eigenvalue weighted by Crippen LogP contribution is 2.43. The highest BCUT2D eigenvalue weighted by molar-refractivity contribution is 7.25. The quantitative estimate of drug-likeness (QED) is 0.186. The fraction of sp³-hybridized carbons (Fsp3) is 0. The van der Waals surface area contributed by atoms with E-state index in [2.05, 4.69) is 169 Å². The van der Waals surface area contributed by atoms with E-state index in [1.807, 2.05) is 23.5 Å². The van der Waals surface area contributed by atoms with Crippen LogP contribution >= 0.6 is 11.3 Å². The van der Waals surface area contributed by atoms with Crippen LogP contribution in [0.4, 0.5) is 17.1 Å². The summed E-state index contributed by atoms with van der Waals surface area (Å²) in [5, 5.41) is 7.17. The van der Waals surface area contributed by atoms with Crippen molar-refractivity contribution < 1.29 is 4.42 Å². The molecule has 49 heavy (non-hydrogen) atoms. The van der Waals surface area contributed by atoms with Gasteiger partial charge in [0.1, 0.15) is 11.2 Å². The van der Waals surface area contributed by atoms with Crippen LogP contribution in [0, 0.1) is 0 Å². The van der Waals surface area contributed by atoms with Gasteiger partial charge in [-0.15, -0.1) is 11.3 Å². The van der Waals surface area contributed by atoms with Crippen LogP contribution in [0.3, 0.4) is 0 Å². The molecular weight excluding hydrogens is 615 g/mol. The molecule has 3 heteroatoms. The van der Waals surface area contributed by atoms with Crippen molar-refractivity contribution in [3.63, 3.8) is 0 Å². The molecule has 0 saturated heterocycles. The fourth-order valence-electron chi connectivity index (χ4n) is 7.35. The number of nitrogens with zero attached hydrogens (tertiary/aromatic N) is 1. The van der Waals surface area contributed by atoms with Crippen molar-refractivity contribution in [3.05, 3.63) is 176 Å². The van der Waals surface area contributed by atoms with Gasteiger partial charge in [0, 0.05) is 53.4 Å². The number of fused-ring (bicyclic) bond motifs is 8. The minimum Gasteiger partial charge on any atom is -0.455 e. The van der Waals surface area contributed by atoms with Gasteiger partial charge in [-0.25, -0.2) is 0 Å². The zero-order valence-electron chi connectivity index (χ0n) is 26.5. The summed E-state index contributed by atoms with van der Waals surface area (Å²) >= 11 is 1.86. The zero-order valence-corrected chi connectivity index (χ0v) is 27.3. The van der Waals surface area contributed by atoms with Crippen LogP contribution in [-0.2, 0) is 0 Å². The molecule has 0 unspecified atom stereocenters. The van der Waals surface area contributed by atoms with Crippen LogP contribution in [0.15, 0.2) is 180 Å². The van der Waals surface area contributed by atoms with E-state index >= 15 is 0 Å². The van der Waals surface area contributed by atoms with Crippen molar-refractivity contribution in [2.24, 2.45) is 0 Å². The predicted molar refractivity (Wildman–Crippen MR) is 210 cm³/mol. The van der Waals surface area contributed by atoms with Crippen LogP contribution in [0.2, 0.25) is 0 Å². The molecule has 2 aromatic heterocycles. The average molecular weight is 644 g/mol. The largest absolute Gasteiger partial charge is 0.455 e. The van der Waals surface area contributed by atoms with Gasteiger partial charge in [-0.2, -0.15) is 0 Å². The molecule has 0 aliphatic rings. The number of benzene rings is 8. The summed E-state index contributed by atoms with van der Waals surface area (Å²) in [7, 11) is 0. The highest BCUT2D eigenvalue weighted by Gasteiger charge is 2.18. The van der Waals surface area contributed by atoms with Crippen molar-refractivity contribution in [3.8, 4) is 22.3 Å².